The van der Waals surface area contributed by atoms with Gasteiger partial charge in [0.05, 0.1) is 30.1 Å². The fraction of sp³-hybridized carbons (Fsp3) is 0.231. The number of halogens is 1. The second-order valence-electron chi connectivity index (χ2n) is 8.46. The first-order valence-electron chi connectivity index (χ1n) is 10.9. The van der Waals surface area contributed by atoms with Crippen molar-refractivity contribution in [2.45, 2.75) is 24.8 Å². The van der Waals surface area contributed by atoms with E-state index in [0.29, 0.717) is 42.1 Å². The predicted octanol–water partition coefficient (Wildman–Crippen LogP) is 4.83. The van der Waals surface area contributed by atoms with E-state index >= 15 is 0 Å². The van der Waals surface area contributed by atoms with Crippen LogP contribution in [0.2, 0.25) is 5.15 Å². The van der Waals surface area contributed by atoms with E-state index in [1.54, 1.807) is 36.3 Å². The smallest absolute Gasteiger partial charge is 0.332 e. The van der Waals surface area contributed by atoms with E-state index in [-0.39, 0.29) is 17.1 Å². The Labute approximate surface area is 202 Å². The molecule has 0 aliphatic carbocycles. The van der Waals surface area contributed by atoms with Gasteiger partial charge in [-0.1, -0.05) is 23.7 Å². The second kappa shape index (κ2) is 8.47. The van der Waals surface area contributed by atoms with Crippen molar-refractivity contribution in [1.29, 1.82) is 5.26 Å². The molecule has 1 aromatic heterocycles. The van der Waals surface area contributed by atoms with Gasteiger partial charge in [-0.2, -0.15) is 5.26 Å². The van der Waals surface area contributed by atoms with Gasteiger partial charge in [0.25, 0.3) is 5.91 Å². The summed E-state index contributed by atoms with van der Waals surface area (Å²) < 4.78 is 5.21. The average molecular weight is 473 g/mol. The lowest BCUT2D eigenvalue weighted by atomic mass is 9.87. The van der Waals surface area contributed by atoms with Crippen LogP contribution in [0.5, 0.6) is 5.75 Å². The molecule has 0 radical (unpaired) electrons. The third-order valence-corrected chi connectivity index (χ3v) is 6.71. The van der Waals surface area contributed by atoms with Gasteiger partial charge in [-0.05, 0) is 66.9 Å². The van der Waals surface area contributed by atoms with E-state index in [9.17, 15) is 9.59 Å². The van der Waals surface area contributed by atoms with Gasteiger partial charge in [0, 0.05) is 18.5 Å². The van der Waals surface area contributed by atoms with Crippen molar-refractivity contribution in [3.63, 3.8) is 0 Å². The quantitative estimate of drug-likeness (QED) is 0.392. The number of benzene rings is 2. The molecule has 0 N–H and O–H groups in total. The summed E-state index contributed by atoms with van der Waals surface area (Å²) in [5.74, 6) is 0.448. The number of fused-ring (bicyclic) bond motifs is 1. The van der Waals surface area contributed by atoms with Gasteiger partial charge in [-0.15, -0.1) is 0 Å². The van der Waals surface area contributed by atoms with Crippen LogP contribution in [0.1, 0.15) is 24.0 Å². The molecular formula is C26H21ClN4O3. The number of nitriles is 1. The number of amides is 3. The standard InChI is InChI=1S/C26H21ClN4O3/c1-34-21-9-7-19(8-10-21)22-13-20(14-23(27)29-22)31-24(32)26(11-2-12-30(26)25(31)33)15-17-3-5-18(16-28)6-4-17/h3-10,13-14H,2,11-12,15H2,1H3. The molecule has 2 fully saturated rings. The third-order valence-electron chi connectivity index (χ3n) is 6.51. The van der Waals surface area contributed by atoms with Gasteiger partial charge in [0.2, 0.25) is 0 Å². The molecular weight excluding hydrogens is 452 g/mol. The van der Waals surface area contributed by atoms with Crippen molar-refractivity contribution >= 4 is 29.2 Å². The maximum Gasteiger partial charge on any atom is 0.332 e. The van der Waals surface area contributed by atoms with Gasteiger partial charge < -0.3 is 9.64 Å². The normalized spacial score (nSPS) is 19.3. The molecule has 0 spiro atoms. The minimum absolute atomic E-state index is 0.192. The van der Waals surface area contributed by atoms with Gasteiger partial charge in [0.15, 0.2) is 0 Å². The zero-order chi connectivity index (χ0) is 23.9. The number of ether oxygens (including phenoxy) is 1. The predicted molar refractivity (Wildman–Crippen MR) is 128 cm³/mol. The molecule has 8 heteroatoms. The number of aromatic nitrogens is 1. The fourth-order valence-electron chi connectivity index (χ4n) is 4.84. The Balaban J connectivity index is 1.51. The number of nitrogens with zero attached hydrogens (tertiary/aromatic N) is 4. The number of imide groups is 1. The number of hydrogen-bond acceptors (Lipinski definition) is 5. The summed E-state index contributed by atoms with van der Waals surface area (Å²) in [6.07, 6.45) is 1.73. The molecule has 5 rings (SSSR count). The lowest BCUT2D eigenvalue weighted by molar-refractivity contribution is -0.123. The molecule has 0 saturated carbocycles. The van der Waals surface area contributed by atoms with Gasteiger partial charge in [0.1, 0.15) is 16.4 Å². The van der Waals surface area contributed by atoms with Crippen LogP contribution in [0.4, 0.5) is 10.5 Å². The molecule has 3 heterocycles. The number of anilines is 1. The van der Waals surface area contributed by atoms with Gasteiger partial charge in [-0.3, -0.25) is 4.79 Å². The van der Waals surface area contributed by atoms with Crippen molar-refractivity contribution in [3.05, 3.63) is 76.9 Å². The molecule has 2 aromatic carbocycles. The van der Waals surface area contributed by atoms with Crippen LogP contribution in [0.15, 0.2) is 60.7 Å². The lowest BCUT2D eigenvalue weighted by Crippen LogP contribution is -2.47. The number of carbonyl (C=O) groups excluding carboxylic acids is 2. The number of urea groups is 1. The van der Waals surface area contributed by atoms with Crippen LogP contribution in [0.25, 0.3) is 11.3 Å². The highest BCUT2D eigenvalue weighted by molar-refractivity contribution is 6.30. The average Bonchev–Trinajstić information content (AvgIpc) is 3.36. The summed E-state index contributed by atoms with van der Waals surface area (Å²) in [6, 6.07) is 19.5. The Morgan fingerprint density at radius 3 is 2.53 bits per heavy atom. The van der Waals surface area contributed by atoms with E-state index in [4.69, 9.17) is 21.6 Å². The molecule has 2 aliphatic heterocycles. The highest BCUT2D eigenvalue weighted by atomic mass is 35.5. The van der Waals surface area contributed by atoms with Crippen molar-refractivity contribution in [3.8, 4) is 23.1 Å². The minimum Gasteiger partial charge on any atom is -0.497 e. The molecule has 1 atom stereocenters. The van der Waals surface area contributed by atoms with Crippen LogP contribution in [0.3, 0.4) is 0 Å². The number of pyridine rings is 1. The topological polar surface area (TPSA) is 86.5 Å². The van der Waals surface area contributed by atoms with E-state index < -0.39 is 5.54 Å². The summed E-state index contributed by atoms with van der Waals surface area (Å²) in [7, 11) is 1.59. The maximum absolute atomic E-state index is 13.8. The SMILES string of the molecule is COc1ccc(-c2cc(N3C(=O)N4CCCC4(Cc4ccc(C#N)cc4)C3=O)cc(Cl)n2)cc1. The van der Waals surface area contributed by atoms with E-state index in [0.717, 1.165) is 17.5 Å². The number of rotatable bonds is 5. The Morgan fingerprint density at radius 2 is 1.85 bits per heavy atom. The van der Waals surface area contributed by atoms with Crippen molar-refractivity contribution in [1.82, 2.24) is 9.88 Å². The van der Waals surface area contributed by atoms with E-state index in [2.05, 4.69) is 11.1 Å². The molecule has 170 valence electrons. The van der Waals surface area contributed by atoms with Gasteiger partial charge in [-0.25, -0.2) is 14.7 Å². The molecule has 7 nitrogen and oxygen atoms in total. The number of hydrogen-bond donors (Lipinski definition) is 0. The first kappa shape index (κ1) is 21.9. The monoisotopic (exact) mass is 472 g/mol. The Hall–Kier alpha value is -3.89. The van der Waals surface area contributed by atoms with Crippen molar-refractivity contribution in [2.75, 3.05) is 18.6 Å². The Bertz CT molecular complexity index is 1320. The molecule has 3 amide bonds. The van der Waals surface area contributed by atoms with Crippen LogP contribution >= 0.6 is 11.6 Å². The summed E-state index contributed by atoms with van der Waals surface area (Å²) in [6.45, 7) is 0.515. The fourth-order valence-corrected chi connectivity index (χ4v) is 5.04. The van der Waals surface area contributed by atoms with E-state index in [1.165, 1.54) is 4.90 Å². The number of carbonyl (C=O) groups is 2. The van der Waals surface area contributed by atoms with Crippen LogP contribution in [-0.2, 0) is 11.2 Å². The number of methoxy groups -OCH3 is 1. The minimum atomic E-state index is -0.943. The summed E-state index contributed by atoms with van der Waals surface area (Å²) in [5.41, 5.74) is 2.25. The molecule has 3 aromatic rings. The maximum atomic E-state index is 13.8. The Kier molecular flexibility index (Phi) is 5.46. The van der Waals surface area contributed by atoms with Crippen molar-refractivity contribution < 1.29 is 14.3 Å². The first-order chi connectivity index (χ1) is 16.4. The van der Waals surface area contributed by atoms with Crippen molar-refractivity contribution in [2.24, 2.45) is 0 Å². The second-order valence-corrected chi connectivity index (χ2v) is 8.84. The Morgan fingerprint density at radius 1 is 1.12 bits per heavy atom. The highest BCUT2D eigenvalue weighted by Gasteiger charge is 2.59. The molecule has 2 aliphatic rings. The zero-order valence-corrected chi connectivity index (χ0v) is 19.2. The van der Waals surface area contributed by atoms with Gasteiger partial charge >= 0.3 is 6.03 Å². The van der Waals surface area contributed by atoms with Crippen LogP contribution < -0.4 is 9.64 Å². The lowest BCUT2D eigenvalue weighted by Gasteiger charge is -2.28. The van der Waals surface area contributed by atoms with Crippen LogP contribution in [-0.4, -0.2) is 41.0 Å². The largest absolute Gasteiger partial charge is 0.497 e. The molecule has 34 heavy (non-hydrogen) atoms. The van der Waals surface area contributed by atoms with E-state index in [1.807, 2.05) is 36.4 Å². The molecule has 0 bridgehead atoms. The first-order valence-corrected chi connectivity index (χ1v) is 11.3. The summed E-state index contributed by atoms with van der Waals surface area (Å²) >= 11 is 6.32. The van der Waals surface area contributed by atoms with Crippen LogP contribution in [0, 0.1) is 11.3 Å². The third kappa shape index (κ3) is 3.57. The highest BCUT2D eigenvalue weighted by Crippen LogP contribution is 2.43. The molecule has 2 saturated heterocycles. The molecule has 1 unspecified atom stereocenters. The summed E-state index contributed by atoms with van der Waals surface area (Å²) in [4.78, 5) is 34.6. The zero-order valence-electron chi connectivity index (χ0n) is 18.5. The summed E-state index contributed by atoms with van der Waals surface area (Å²) in [5, 5.41) is 9.26.